The molecule has 0 bridgehead atoms. The first-order chi connectivity index (χ1) is 50.7. The van der Waals surface area contributed by atoms with E-state index in [0.29, 0.717) is 81.4 Å². The van der Waals surface area contributed by atoms with Crippen molar-refractivity contribution in [1.29, 1.82) is 0 Å². The first-order valence-electron chi connectivity index (χ1n) is 35.3. The fourth-order valence-corrected chi connectivity index (χ4v) is 13.0. The minimum absolute atomic E-state index is 0. The molecule has 0 saturated carbocycles. The Morgan fingerprint density at radius 2 is 0.764 bits per heavy atom. The van der Waals surface area contributed by atoms with Crippen LogP contribution in [0.15, 0.2) is 124 Å². The largest absolute Gasteiger partial charge is 0.478 e. The van der Waals surface area contributed by atoms with Crippen molar-refractivity contribution >= 4 is 77.8 Å². The van der Waals surface area contributed by atoms with Gasteiger partial charge in [0.05, 0.1) is 105 Å². The van der Waals surface area contributed by atoms with Crippen molar-refractivity contribution in [3.63, 3.8) is 0 Å². The van der Waals surface area contributed by atoms with Gasteiger partial charge < -0.3 is 64.3 Å². The van der Waals surface area contributed by atoms with Crippen LogP contribution in [-0.4, -0.2) is 125 Å². The molecular formula is C84H99N9O16S. The van der Waals surface area contributed by atoms with Crippen molar-refractivity contribution in [1.82, 2.24) is 29.9 Å². The van der Waals surface area contributed by atoms with Crippen LogP contribution in [0.1, 0.15) is 210 Å². The summed E-state index contributed by atoms with van der Waals surface area (Å²) in [5.74, 6) is 7.77. The Morgan fingerprint density at radius 3 is 1.02 bits per heavy atom. The Bertz CT molecular complexity index is 5050. The molecule has 8 N–H and O–H groups in total. The van der Waals surface area contributed by atoms with E-state index in [2.05, 4.69) is 57.5 Å². The quantitative estimate of drug-likeness (QED) is 0.0280. The van der Waals surface area contributed by atoms with Gasteiger partial charge >= 0.3 is 17.9 Å². The number of H-pyrrole nitrogens is 3. The maximum atomic E-state index is 13.0. The lowest BCUT2D eigenvalue weighted by Crippen LogP contribution is -2.28. The third-order valence-corrected chi connectivity index (χ3v) is 17.6. The summed E-state index contributed by atoms with van der Waals surface area (Å²) in [4.78, 5) is 103. The molecule has 0 aliphatic heterocycles. The number of aromatic amines is 3. The molecule has 3 atom stereocenters. The van der Waals surface area contributed by atoms with E-state index in [4.69, 9.17) is 47.9 Å². The normalized spacial score (nSPS) is 14.8. The maximum Gasteiger partial charge on any atom is 0.338 e. The maximum absolute atomic E-state index is 13.0. The Labute approximate surface area is 641 Å². The zero-order valence-electron chi connectivity index (χ0n) is 63.7. The number of fused-ring (bicyclic) bond motifs is 6. The monoisotopic (exact) mass is 1520 g/mol. The number of carbonyl (C=O) groups is 3. The van der Waals surface area contributed by atoms with Crippen LogP contribution in [0, 0.1) is 37.0 Å². The number of esters is 2. The minimum atomic E-state index is -3.67. The van der Waals surface area contributed by atoms with Gasteiger partial charge in [0.25, 0.3) is 26.8 Å². The second-order valence-electron chi connectivity index (χ2n) is 30.5. The zero-order chi connectivity index (χ0) is 79.0. The summed E-state index contributed by atoms with van der Waals surface area (Å²) >= 11 is 0. The van der Waals surface area contributed by atoms with Gasteiger partial charge in [-0.15, -0.1) is 19.3 Å². The number of nitrogens with one attached hydrogen (secondary N) is 3. The molecule has 3 aromatic heterocycles. The molecular weight excluding hydrogens is 1420 g/mol. The summed E-state index contributed by atoms with van der Waals surface area (Å²) in [7, 11) is -3.67. The third kappa shape index (κ3) is 22.6. The molecule has 25 nitrogen and oxygen atoms in total. The lowest BCUT2D eigenvalue weighted by molar-refractivity contribution is -0.0183. The highest BCUT2D eigenvalue weighted by Crippen LogP contribution is 2.43. The topological polar surface area (TPSA) is 361 Å². The van der Waals surface area contributed by atoms with E-state index in [-0.39, 0.29) is 102 Å². The molecule has 12 rings (SSSR count). The summed E-state index contributed by atoms with van der Waals surface area (Å²) < 4.78 is 48.4. The minimum Gasteiger partial charge on any atom is -0.478 e. The summed E-state index contributed by atoms with van der Waals surface area (Å²) in [5, 5.41) is 20.0. The molecule has 6 aromatic carbocycles. The van der Waals surface area contributed by atoms with Gasteiger partial charge in [-0.1, -0.05) is 25.2 Å². The predicted molar refractivity (Wildman–Crippen MR) is 428 cm³/mol. The smallest absolute Gasteiger partial charge is 0.338 e. The second kappa shape index (κ2) is 35.6. The van der Waals surface area contributed by atoms with Crippen LogP contribution in [0.4, 0.5) is 17.1 Å². The SMILES string of the molecule is C.C#CCN(c1ccc(C(=O)O)cc1)[C@H]1CCc2cc3nc(CO)[nH]c(=O)c3cc21.C#CCN(c1ccc(C(=O)OC(C)(C)C)cc1)C1CCc2cc3nc(COC(C)(C)C)[nH]c(=O)c3cc21.C#CCN(c1ccc(C(=O)OC(C)(C)C)cc1)[C@H]1CCc2cc3nc(COC(C)(C)C)[nH]c(=O)c3cc21.CS(=O)(=O)O.O. The summed E-state index contributed by atoms with van der Waals surface area (Å²) in [6.45, 7) is 24.1. The van der Waals surface area contributed by atoms with E-state index in [1.54, 1.807) is 48.5 Å². The van der Waals surface area contributed by atoms with E-state index in [0.717, 1.165) is 89.0 Å². The van der Waals surface area contributed by atoms with Gasteiger partial charge in [0.1, 0.15) is 48.5 Å². The Morgan fingerprint density at radius 1 is 0.491 bits per heavy atom. The fourth-order valence-electron chi connectivity index (χ4n) is 13.0. The number of ether oxygens (including phenoxy) is 4. The first-order valence-corrected chi connectivity index (χ1v) is 37.1. The van der Waals surface area contributed by atoms with Gasteiger partial charge in [0.15, 0.2) is 0 Å². The number of anilines is 3. The van der Waals surface area contributed by atoms with Crippen molar-refractivity contribution in [2.45, 2.75) is 189 Å². The number of aryl methyl sites for hydroxylation is 3. The van der Waals surface area contributed by atoms with Gasteiger partial charge in [-0.25, -0.2) is 29.3 Å². The lowest BCUT2D eigenvalue weighted by Gasteiger charge is -2.30. The van der Waals surface area contributed by atoms with Crippen molar-refractivity contribution in [3.05, 3.63) is 208 Å². The number of benzene rings is 6. The standard InChI is InChI=1S/2C30H35N3O4.C22H19N3O4.CH4O3S.CH4.H2O/c2*1-8-15-33(21-12-9-19(10-13-21)28(35)37-30(5,6)7)25-14-11-20-16-24-23(17-22(20)25)27(34)32-26(31-24)18-36-29(2,3)4;1-2-9-25(15-6-3-13(4-7-15)22(28)29)19-8-5-14-10-18-17(11-16(14)19)21(27)24-20(12-26)23-18;1-5(2,3)4;;/h2*1,9-10,12-13,16-17,25H,11,14-15,18H2,2-7H3,(H,31,32,34);1,3-4,6-7,10-11,19,26H,5,8-9,12H2,(H,28,29)(H,23,24,27);1H3,(H,2,3,4);1H4;1H2/t25-;;19-;;;/m0.0.../s1. The van der Waals surface area contributed by atoms with Gasteiger partial charge in [-0.05, 0) is 264 Å². The van der Waals surface area contributed by atoms with E-state index in [1.165, 1.54) is 0 Å². The predicted octanol–water partition coefficient (Wildman–Crippen LogP) is 12.2. The van der Waals surface area contributed by atoms with Crippen LogP contribution in [0.2, 0.25) is 0 Å². The lowest BCUT2D eigenvalue weighted by atomic mass is 10.0. The van der Waals surface area contributed by atoms with Crippen LogP contribution < -0.4 is 31.4 Å². The average Bonchev–Trinajstić information content (AvgIpc) is 1.58. The number of carbonyl (C=O) groups excluding carboxylic acids is 2. The number of carboxylic acids is 1. The molecule has 26 heteroatoms. The number of hydrogen-bond donors (Lipinski definition) is 6. The molecule has 3 aliphatic rings. The molecule has 0 fully saturated rings. The second-order valence-corrected chi connectivity index (χ2v) is 32.0. The number of hydrogen-bond acceptors (Lipinski definition) is 19. The van der Waals surface area contributed by atoms with Gasteiger partial charge in [0, 0.05) is 17.1 Å². The number of aliphatic hydroxyl groups is 1. The number of aromatic nitrogens is 6. The van der Waals surface area contributed by atoms with Crippen molar-refractivity contribution in [2.24, 2.45) is 0 Å². The van der Waals surface area contributed by atoms with Gasteiger partial charge in [-0.3, -0.25) is 18.9 Å². The summed E-state index contributed by atoms with van der Waals surface area (Å²) in [6.07, 6.45) is 22.9. The van der Waals surface area contributed by atoms with E-state index in [9.17, 15) is 42.3 Å². The van der Waals surface area contributed by atoms with Crippen molar-refractivity contribution in [3.8, 4) is 37.0 Å². The highest BCUT2D eigenvalue weighted by atomic mass is 32.2. The molecule has 0 radical (unpaired) electrons. The number of aromatic carboxylic acids is 1. The molecule has 0 spiro atoms. The average molecular weight is 1520 g/mol. The van der Waals surface area contributed by atoms with Crippen molar-refractivity contribution < 1.29 is 62.0 Å². The Kier molecular flexibility index (Phi) is 27.9. The molecule has 3 aliphatic carbocycles. The number of terminal acetylenes is 3. The number of carboxylic acid groups (broad SMARTS) is 1. The summed E-state index contributed by atoms with van der Waals surface area (Å²) in [5.41, 5.74) is 9.86. The van der Waals surface area contributed by atoms with Crippen LogP contribution in [0.3, 0.4) is 0 Å². The third-order valence-electron chi connectivity index (χ3n) is 17.6. The highest BCUT2D eigenvalue weighted by Gasteiger charge is 2.34. The molecule has 0 saturated heterocycles. The molecule has 0 amide bonds. The van der Waals surface area contributed by atoms with E-state index >= 15 is 0 Å². The van der Waals surface area contributed by atoms with Crippen LogP contribution in [0.25, 0.3) is 32.7 Å². The fraction of sp³-hybridized carbons (Fsp3) is 0.393. The van der Waals surface area contributed by atoms with Crippen LogP contribution in [-0.2, 0) is 68.1 Å². The van der Waals surface area contributed by atoms with E-state index < -0.39 is 27.3 Å². The Balaban J connectivity index is 0.000000222. The first kappa shape index (κ1) is 86.2. The molecule has 3 heterocycles. The van der Waals surface area contributed by atoms with E-state index in [1.807, 2.05) is 149 Å². The van der Waals surface area contributed by atoms with Crippen LogP contribution >= 0.6 is 0 Å². The van der Waals surface area contributed by atoms with Gasteiger partial charge in [-0.2, -0.15) is 8.42 Å². The van der Waals surface area contributed by atoms with Crippen LogP contribution in [0.5, 0.6) is 0 Å². The molecule has 1 unspecified atom stereocenters. The molecule has 110 heavy (non-hydrogen) atoms. The number of aliphatic hydroxyl groups excluding tert-OH is 1. The number of rotatable bonds is 17. The molecule has 582 valence electrons. The van der Waals surface area contributed by atoms with Crippen molar-refractivity contribution in [2.75, 3.05) is 40.6 Å². The van der Waals surface area contributed by atoms with Gasteiger partial charge in [0.2, 0.25) is 0 Å². The zero-order valence-corrected chi connectivity index (χ0v) is 64.5. The highest BCUT2D eigenvalue weighted by molar-refractivity contribution is 7.85. The summed E-state index contributed by atoms with van der Waals surface area (Å²) in [6, 6.07) is 32.9. The number of nitrogens with zero attached hydrogens (tertiary/aromatic N) is 6. The molecule has 9 aromatic rings. The Hall–Kier alpha value is -11.0.